The van der Waals surface area contributed by atoms with Gasteiger partial charge in [0.2, 0.25) is 5.91 Å². The highest BCUT2D eigenvalue weighted by molar-refractivity contribution is 6.33. The van der Waals surface area contributed by atoms with Gasteiger partial charge in [0.25, 0.3) is 0 Å². The van der Waals surface area contributed by atoms with Crippen molar-refractivity contribution in [3.63, 3.8) is 0 Å². The molecule has 1 heterocycles. The van der Waals surface area contributed by atoms with Gasteiger partial charge in [-0.1, -0.05) is 11.6 Å². The van der Waals surface area contributed by atoms with Gasteiger partial charge in [-0.2, -0.15) is 0 Å². The average molecular weight is 291 g/mol. The molecule has 2 aromatic rings. The first kappa shape index (κ1) is 14.3. The number of aromatic nitrogens is 2. The SMILES string of the molecule is Cc1nccnc1C(C)Nc1ccc(Cl)c(C(N)=O)c1. The van der Waals surface area contributed by atoms with E-state index in [9.17, 15) is 4.79 Å². The summed E-state index contributed by atoms with van der Waals surface area (Å²) in [6, 6.07) is 5.01. The standard InChI is InChI=1S/C14H15ClN4O/c1-8-13(18-6-5-17-8)9(2)19-10-3-4-12(15)11(7-10)14(16)20/h3-7,9,19H,1-2H3,(H2,16,20). The van der Waals surface area contributed by atoms with E-state index in [0.29, 0.717) is 10.6 Å². The van der Waals surface area contributed by atoms with Gasteiger partial charge in [-0.05, 0) is 32.0 Å². The third-order valence-electron chi connectivity index (χ3n) is 2.94. The number of amides is 1. The number of carbonyl (C=O) groups excluding carboxylic acids is 1. The lowest BCUT2D eigenvalue weighted by Crippen LogP contribution is -2.14. The molecule has 1 unspecified atom stereocenters. The fraction of sp³-hybridized carbons (Fsp3) is 0.214. The minimum Gasteiger partial charge on any atom is -0.377 e. The maximum Gasteiger partial charge on any atom is 0.250 e. The van der Waals surface area contributed by atoms with Gasteiger partial charge in [-0.25, -0.2) is 0 Å². The summed E-state index contributed by atoms with van der Waals surface area (Å²) in [6.45, 7) is 3.87. The number of carbonyl (C=O) groups is 1. The quantitative estimate of drug-likeness (QED) is 0.907. The van der Waals surface area contributed by atoms with Crippen LogP contribution in [0.1, 0.15) is 34.7 Å². The van der Waals surface area contributed by atoms with Crippen molar-refractivity contribution in [2.24, 2.45) is 5.73 Å². The van der Waals surface area contributed by atoms with Crippen LogP contribution in [0.2, 0.25) is 5.02 Å². The number of nitrogens with two attached hydrogens (primary N) is 1. The third-order valence-corrected chi connectivity index (χ3v) is 3.27. The van der Waals surface area contributed by atoms with E-state index in [0.717, 1.165) is 17.1 Å². The van der Waals surface area contributed by atoms with Gasteiger partial charge >= 0.3 is 0 Å². The first-order valence-corrected chi connectivity index (χ1v) is 6.50. The van der Waals surface area contributed by atoms with Crippen molar-refractivity contribution >= 4 is 23.2 Å². The van der Waals surface area contributed by atoms with Crippen molar-refractivity contribution < 1.29 is 4.79 Å². The van der Waals surface area contributed by atoms with Crippen molar-refractivity contribution in [2.45, 2.75) is 19.9 Å². The van der Waals surface area contributed by atoms with E-state index in [2.05, 4.69) is 15.3 Å². The highest BCUT2D eigenvalue weighted by Crippen LogP contribution is 2.24. The van der Waals surface area contributed by atoms with E-state index in [1.54, 1.807) is 30.6 Å². The summed E-state index contributed by atoms with van der Waals surface area (Å²) in [5.41, 5.74) is 8.03. The molecule has 1 aromatic carbocycles. The fourth-order valence-corrected chi connectivity index (χ4v) is 2.18. The maximum absolute atomic E-state index is 11.3. The van der Waals surface area contributed by atoms with Crippen LogP contribution in [0.4, 0.5) is 5.69 Å². The molecule has 0 saturated carbocycles. The molecule has 2 rings (SSSR count). The Balaban J connectivity index is 2.24. The van der Waals surface area contributed by atoms with Gasteiger partial charge in [0.05, 0.1) is 28.0 Å². The molecule has 0 bridgehead atoms. The molecule has 0 spiro atoms. The molecule has 0 aliphatic heterocycles. The van der Waals surface area contributed by atoms with Crippen LogP contribution in [0, 0.1) is 6.92 Å². The number of aryl methyl sites for hydroxylation is 1. The molecule has 6 heteroatoms. The van der Waals surface area contributed by atoms with Crippen LogP contribution in [-0.4, -0.2) is 15.9 Å². The minimum atomic E-state index is -0.554. The molecule has 0 fully saturated rings. The Labute approximate surface area is 122 Å². The molecule has 0 aliphatic rings. The summed E-state index contributed by atoms with van der Waals surface area (Å²) in [7, 11) is 0. The molecule has 0 radical (unpaired) electrons. The van der Waals surface area contributed by atoms with Crippen LogP contribution in [0.5, 0.6) is 0 Å². The van der Waals surface area contributed by atoms with Gasteiger partial charge in [-0.3, -0.25) is 14.8 Å². The zero-order valence-electron chi connectivity index (χ0n) is 11.2. The van der Waals surface area contributed by atoms with Gasteiger partial charge in [0.1, 0.15) is 0 Å². The van der Waals surface area contributed by atoms with E-state index < -0.39 is 5.91 Å². The molecule has 104 valence electrons. The number of hydrogen-bond donors (Lipinski definition) is 2. The molecule has 3 N–H and O–H groups in total. The van der Waals surface area contributed by atoms with E-state index in [1.165, 1.54) is 0 Å². The zero-order chi connectivity index (χ0) is 14.7. The van der Waals surface area contributed by atoms with Crippen molar-refractivity contribution in [3.8, 4) is 0 Å². The number of benzene rings is 1. The van der Waals surface area contributed by atoms with Gasteiger partial charge < -0.3 is 11.1 Å². The maximum atomic E-state index is 11.3. The number of anilines is 1. The number of hydrogen-bond acceptors (Lipinski definition) is 4. The van der Waals surface area contributed by atoms with Crippen LogP contribution in [0.25, 0.3) is 0 Å². The second-order valence-corrected chi connectivity index (χ2v) is 4.86. The Morgan fingerprint density at radius 1 is 1.35 bits per heavy atom. The number of nitrogens with one attached hydrogen (secondary N) is 1. The molecule has 1 amide bonds. The van der Waals surface area contributed by atoms with Crippen LogP contribution in [0.15, 0.2) is 30.6 Å². The summed E-state index contributed by atoms with van der Waals surface area (Å²) in [5, 5.41) is 3.59. The summed E-state index contributed by atoms with van der Waals surface area (Å²) in [4.78, 5) is 19.8. The lowest BCUT2D eigenvalue weighted by Gasteiger charge is -2.16. The normalized spacial score (nSPS) is 11.9. The van der Waals surface area contributed by atoms with E-state index in [-0.39, 0.29) is 6.04 Å². The summed E-state index contributed by atoms with van der Waals surface area (Å²) in [6.07, 6.45) is 3.30. The number of rotatable bonds is 4. The average Bonchev–Trinajstić information content (AvgIpc) is 2.41. The van der Waals surface area contributed by atoms with Gasteiger partial charge in [0.15, 0.2) is 0 Å². The molecule has 20 heavy (non-hydrogen) atoms. The first-order chi connectivity index (χ1) is 9.49. The molecule has 0 aliphatic carbocycles. The lowest BCUT2D eigenvalue weighted by molar-refractivity contribution is 0.100. The van der Waals surface area contributed by atoms with Crippen molar-refractivity contribution in [3.05, 3.63) is 52.6 Å². The minimum absolute atomic E-state index is 0.0504. The number of nitrogens with zero attached hydrogens (tertiary/aromatic N) is 2. The Morgan fingerprint density at radius 3 is 2.70 bits per heavy atom. The molecule has 1 aromatic heterocycles. The number of primary amides is 1. The monoisotopic (exact) mass is 290 g/mol. The first-order valence-electron chi connectivity index (χ1n) is 6.12. The second kappa shape index (κ2) is 5.88. The van der Waals surface area contributed by atoms with E-state index in [4.69, 9.17) is 17.3 Å². The predicted molar refractivity (Wildman–Crippen MR) is 78.8 cm³/mol. The summed E-state index contributed by atoms with van der Waals surface area (Å²) in [5.74, 6) is -0.554. The van der Waals surface area contributed by atoms with Crippen LogP contribution in [-0.2, 0) is 0 Å². The summed E-state index contributed by atoms with van der Waals surface area (Å²) >= 11 is 5.92. The van der Waals surface area contributed by atoms with E-state index in [1.807, 2.05) is 13.8 Å². The largest absolute Gasteiger partial charge is 0.377 e. The zero-order valence-corrected chi connectivity index (χ0v) is 12.0. The smallest absolute Gasteiger partial charge is 0.250 e. The molecular weight excluding hydrogens is 276 g/mol. The van der Waals surface area contributed by atoms with Crippen molar-refractivity contribution in [1.82, 2.24) is 9.97 Å². The Hall–Kier alpha value is -2.14. The Morgan fingerprint density at radius 2 is 2.05 bits per heavy atom. The highest BCUT2D eigenvalue weighted by atomic mass is 35.5. The van der Waals surface area contributed by atoms with Crippen LogP contribution in [0.3, 0.4) is 0 Å². The molecule has 1 atom stereocenters. The highest BCUT2D eigenvalue weighted by Gasteiger charge is 2.12. The lowest BCUT2D eigenvalue weighted by atomic mass is 10.1. The van der Waals surface area contributed by atoms with Crippen molar-refractivity contribution in [2.75, 3.05) is 5.32 Å². The number of halogens is 1. The van der Waals surface area contributed by atoms with Crippen LogP contribution >= 0.6 is 11.6 Å². The second-order valence-electron chi connectivity index (χ2n) is 4.45. The Kier molecular flexibility index (Phi) is 4.20. The predicted octanol–water partition coefficient (Wildman–Crippen LogP) is 2.71. The fourth-order valence-electron chi connectivity index (χ4n) is 1.97. The molecule has 0 saturated heterocycles. The van der Waals surface area contributed by atoms with E-state index >= 15 is 0 Å². The molecule has 5 nitrogen and oxygen atoms in total. The third kappa shape index (κ3) is 3.05. The molecular formula is C14H15ClN4O. The van der Waals surface area contributed by atoms with Gasteiger partial charge in [0, 0.05) is 18.1 Å². The Bertz CT molecular complexity index is 645. The van der Waals surface area contributed by atoms with Crippen LogP contribution < -0.4 is 11.1 Å². The summed E-state index contributed by atoms with van der Waals surface area (Å²) < 4.78 is 0. The topological polar surface area (TPSA) is 80.9 Å². The van der Waals surface area contributed by atoms with Crippen molar-refractivity contribution in [1.29, 1.82) is 0 Å². The van der Waals surface area contributed by atoms with Gasteiger partial charge in [-0.15, -0.1) is 0 Å².